The zero-order valence-corrected chi connectivity index (χ0v) is 20.1. The molecule has 0 amide bonds. The Kier molecular flexibility index (Phi) is 5.50. The fraction of sp³-hybridized carbons (Fsp3) is 0.519. The molecule has 3 heterocycles. The van der Waals surface area contributed by atoms with Crippen LogP contribution >= 0.6 is 0 Å². The quantitative estimate of drug-likeness (QED) is 0.449. The largest absolute Gasteiger partial charge is 0.496 e. The Bertz CT molecular complexity index is 1140. The zero-order valence-electron chi connectivity index (χ0n) is 20.1. The molecule has 2 atom stereocenters. The molecule has 0 spiro atoms. The molecule has 5 rings (SSSR count). The molecule has 1 aliphatic carbocycles. The maximum Gasteiger partial charge on any atom is 0.197 e. The van der Waals surface area contributed by atoms with Crippen molar-refractivity contribution in [3.8, 4) is 17.0 Å². The van der Waals surface area contributed by atoms with E-state index in [0.717, 1.165) is 59.8 Å². The van der Waals surface area contributed by atoms with Crippen molar-refractivity contribution in [1.29, 1.82) is 0 Å². The third-order valence-corrected chi connectivity index (χ3v) is 7.34. The first kappa shape index (κ1) is 21.5. The molecule has 1 saturated carbocycles. The Labute approximate surface area is 191 Å². The molecule has 2 aromatic heterocycles. The molecule has 170 valence electrons. The minimum absolute atomic E-state index is 0.216. The third kappa shape index (κ3) is 3.52. The van der Waals surface area contributed by atoms with Gasteiger partial charge in [0.25, 0.3) is 0 Å². The molecule has 2 aliphatic rings. The lowest BCUT2D eigenvalue weighted by Crippen LogP contribution is -2.55. The van der Waals surface area contributed by atoms with E-state index in [1.54, 1.807) is 7.11 Å². The van der Waals surface area contributed by atoms with Gasteiger partial charge in [-0.05, 0) is 68.9 Å². The Morgan fingerprint density at radius 3 is 2.66 bits per heavy atom. The molecule has 0 N–H and O–H groups in total. The molecule has 5 nitrogen and oxygen atoms in total. The predicted molar refractivity (Wildman–Crippen MR) is 130 cm³/mol. The molecule has 32 heavy (non-hydrogen) atoms. The second-order valence-electron chi connectivity index (χ2n) is 9.88. The first-order chi connectivity index (χ1) is 15.5. The predicted octanol–water partition coefficient (Wildman–Crippen LogP) is 5.67. The second-order valence-corrected chi connectivity index (χ2v) is 9.88. The summed E-state index contributed by atoms with van der Waals surface area (Å²) in [5.74, 6) is 1.70. The van der Waals surface area contributed by atoms with E-state index in [9.17, 15) is 0 Å². The molecule has 1 aliphatic heterocycles. The lowest BCUT2D eigenvalue weighted by Gasteiger charge is -2.38. The Morgan fingerprint density at radius 2 is 2.00 bits per heavy atom. The van der Waals surface area contributed by atoms with Gasteiger partial charge < -0.3 is 9.47 Å². The summed E-state index contributed by atoms with van der Waals surface area (Å²) in [5.41, 5.74) is 8.34. The third-order valence-electron chi connectivity index (χ3n) is 7.34. The zero-order chi connectivity index (χ0) is 22.5. The number of benzene rings is 1. The summed E-state index contributed by atoms with van der Waals surface area (Å²) >= 11 is 0. The summed E-state index contributed by atoms with van der Waals surface area (Å²) < 4.78 is 15.1. The summed E-state index contributed by atoms with van der Waals surface area (Å²) in [6, 6.07) is 10.9. The maximum absolute atomic E-state index is 6.32. The van der Waals surface area contributed by atoms with E-state index in [-0.39, 0.29) is 6.23 Å². The van der Waals surface area contributed by atoms with Gasteiger partial charge in [0.1, 0.15) is 17.0 Å². The van der Waals surface area contributed by atoms with Gasteiger partial charge in [-0.2, -0.15) is 5.10 Å². The highest BCUT2D eigenvalue weighted by molar-refractivity contribution is 5.80. The molecule has 2 fully saturated rings. The molecule has 0 radical (unpaired) electrons. The highest BCUT2D eigenvalue weighted by atomic mass is 16.5. The standard InChI is InChI=1S/C27H36N3O2/c1-6-21-27(30(4,17-20-12-13-20)25-11-8-14-32-25)23-10-7-9-22(29(23)28-21)26-19(3)15-18(2)16-24(26)31-5/h7,9-10,15-16,20,25H,6,8,11-14,17H2,1-5H3/q+1. The van der Waals surface area contributed by atoms with Gasteiger partial charge in [-0.3, -0.25) is 4.48 Å². The van der Waals surface area contributed by atoms with Crippen molar-refractivity contribution >= 4 is 11.2 Å². The van der Waals surface area contributed by atoms with Gasteiger partial charge in [0, 0.05) is 17.9 Å². The highest BCUT2D eigenvalue weighted by Gasteiger charge is 2.46. The van der Waals surface area contributed by atoms with Gasteiger partial charge in [0.05, 0.1) is 33.0 Å². The van der Waals surface area contributed by atoms with Crippen molar-refractivity contribution in [2.45, 2.75) is 59.1 Å². The van der Waals surface area contributed by atoms with Gasteiger partial charge in [-0.15, -0.1) is 0 Å². The van der Waals surface area contributed by atoms with Crippen LogP contribution in [0.15, 0.2) is 30.3 Å². The van der Waals surface area contributed by atoms with Gasteiger partial charge in [-0.25, -0.2) is 4.52 Å². The second kappa shape index (κ2) is 8.20. The number of aryl methyl sites for hydroxylation is 3. The molecule has 3 aromatic rings. The van der Waals surface area contributed by atoms with Crippen LogP contribution in [0.1, 0.15) is 49.4 Å². The summed E-state index contributed by atoms with van der Waals surface area (Å²) in [6.07, 6.45) is 6.07. The molecule has 5 heteroatoms. The van der Waals surface area contributed by atoms with Crippen LogP contribution in [0.25, 0.3) is 16.8 Å². The van der Waals surface area contributed by atoms with Crippen molar-refractivity contribution in [2.24, 2.45) is 5.92 Å². The number of nitrogens with zero attached hydrogens (tertiary/aromatic N) is 3. The van der Waals surface area contributed by atoms with Crippen molar-refractivity contribution in [1.82, 2.24) is 14.1 Å². The number of hydrogen-bond acceptors (Lipinski definition) is 3. The SMILES string of the molecule is CCc1nn2c(-c3c(C)cc(C)cc3OC)cccc2c1[N+](C)(CC1CC1)C1CCCO1. The van der Waals surface area contributed by atoms with E-state index in [1.165, 1.54) is 40.9 Å². The topological polar surface area (TPSA) is 35.8 Å². The lowest BCUT2D eigenvalue weighted by molar-refractivity contribution is -0.00254. The highest BCUT2D eigenvalue weighted by Crippen LogP contribution is 2.43. The number of ether oxygens (including phenoxy) is 2. The van der Waals surface area contributed by atoms with Gasteiger partial charge in [-0.1, -0.05) is 19.1 Å². The number of quaternary nitrogens is 1. The van der Waals surface area contributed by atoms with Crippen LogP contribution in [0.2, 0.25) is 0 Å². The molecular formula is C27H36N3O2+. The Balaban J connectivity index is 1.74. The summed E-state index contributed by atoms with van der Waals surface area (Å²) in [5, 5.41) is 5.20. The smallest absolute Gasteiger partial charge is 0.197 e. The van der Waals surface area contributed by atoms with Crippen LogP contribution in [0.3, 0.4) is 0 Å². The van der Waals surface area contributed by atoms with Crippen molar-refractivity contribution in [2.75, 3.05) is 27.3 Å². The van der Waals surface area contributed by atoms with E-state index in [0.29, 0.717) is 0 Å². The normalized spacial score (nSPS) is 20.6. The lowest BCUT2D eigenvalue weighted by atomic mass is 10.0. The van der Waals surface area contributed by atoms with Gasteiger partial charge >= 0.3 is 0 Å². The van der Waals surface area contributed by atoms with Crippen molar-refractivity contribution in [3.63, 3.8) is 0 Å². The van der Waals surface area contributed by atoms with E-state index in [2.05, 4.69) is 62.7 Å². The van der Waals surface area contributed by atoms with Gasteiger partial charge in [0.2, 0.25) is 0 Å². The van der Waals surface area contributed by atoms with Gasteiger partial charge in [0.15, 0.2) is 11.9 Å². The minimum atomic E-state index is 0.216. The fourth-order valence-corrected chi connectivity index (χ4v) is 5.71. The van der Waals surface area contributed by atoms with E-state index < -0.39 is 0 Å². The Morgan fingerprint density at radius 1 is 1.19 bits per heavy atom. The van der Waals surface area contributed by atoms with Crippen LogP contribution in [0.4, 0.5) is 5.69 Å². The van der Waals surface area contributed by atoms with Crippen LogP contribution in [0.5, 0.6) is 5.75 Å². The van der Waals surface area contributed by atoms with Crippen molar-refractivity contribution < 1.29 is 9.47 Å². The summed E-state index contributed by atoms with van der Waals surface area (Å²) in [7, 11) is 4.14. The number of methoxy groups -OCH3 is 1. The number of aromatic nitrogens is 2. The number of rotatable bonds is 7. The first-order valence-corrected chi connectivity index (χ1v) is 12.1. The summed E-state index contributed by atoms with van der Waals surface area (Å²) in [6.45, 7) is 8.50. The molecule has 1 aromatic carbocycles. The number of hydrogen-bond donors (Lipinski definition) is 0. The van der Waals surface area contributed by atoms with E-state index in [1.807, 2.05) is 0 Å². The number of fused-ring (bicyclic) bond motifs is 1. The summed E-state index contributed by atoms with van der Waals surface area (Å²) in [4.78, 5) is 0. The van der Waals surface area contributed by atoms with E-state index >= 15 is 0 Å². The monoisotopic (exact) mass is 434 g/mol. The molecule has 2 unspecified atom stereocenters. The Hall–Kier alpha value is -2.37. The molecular weight excluding hydrogens is 398 g/mol. The van der Waals surface area contributed by atoms with E-state index in [4.69, 9.17) is 14.6 Å². The fourth-order valence-electron chi connectivity index (χ4n) is 5.71. The first-order valence-electron chi connectivity index (χ1n) is 12.1. The van der Waals surface area contributed by atoms with Crippen LogP contribution in [0, 0.1) is 19.8 Å². The maximum atomic E-state index is 6.32. The molecule has 1 saturated heterocycles. The van der Waals surface area contributed by atoms with Crippen LogP contribution in [-0.2, 0) is 11.2 Å². The van der Waals surface area contributed by atoms with Crippen LogP contribution < -0.4 is 9.22 Å². The average Bonchev–Trinajstić information content (AvgIpc) is 3.27. The van der Waals surface area contributed by atoms with Crippen LogP contribution in [-0.4, -0.2) is 43.2 Å². The number of pyridine rings is 1. The minimum Gasteiger partial charge on any atom is -0.496 e. The van der Waals surface area contributed by atoms with Crippen molar-refractivity contribution in [3.05, 3.63) is 47.2 Å². The average molecular weight is 435 g/mol. The molecule has 0 bridgehead atoms.